The lowest BCUT2D eigenvalue weighted by Crippen LogP contribution is -2.22. The van der Waals surface area contributed by atoms with Gasteiger partial charge in [0.2, 0.25) is 5.89 Å². The normalized spacial score (nSPS) is 25.4. The zero-order valence-corrected chi connectivity index (χ0v) is 12.1. The van der Waals surface area contributed by atoms with Crippen LogP contribution in [0.4, 0.5) is 0 Å². The van der Waals surface area contributed by atoms with E-state index in [0.29, 0.717) is 29.0 Å². The quantitative estimate of drug-likeness (QED) is 0.909. The largest absolute Gasteiger partial charge is 0.338 e. The Labute approximate surface area is 111 Å². The van der Waals surface area contributed by atoms with Gasteiger partial charge in [0.05, 0.1) is 11.8 Å². The van der Waals surface area contributed by atoms with Crippen LogP contribution < -0.4 is 5.32 Å². The second-order valence-electron chi connectivity index (χ2n) is 4.45. The summed E-state index contributed by atoms with van der Waals surface area (Å²) >= 11 is 3.93. The smallest absolute Gasteiger partial charge is 0.240 e. The summed E-state index contributed by atoms with van der Waals surface area (Å²) in [5.41, 5.74) is 0. The maximum absolute atomic E-state index is 5.27. The van der Waals surface area contributed by atoms with Crippen molar-refractivity contribution >= 4 is 23.5 Å². The molecule has 0 aliphatic carbocycles. The lowest BCUT2D eigenvalue weighted by atomic mass is 10.3. The maximum Gasteiger partial charge on any atom is 0.240 e. The molecule has 0 radical (unpaired) electrons. The Morgan fingerprint density at radius 2 is 2.18 bits per heavy atom. The molecule has 1 saturated heterocycles. The summed E-state index contributed by atoms with van der Waals surface area (Å²) in [5, 5.41) is 8.34. The van der Waals surface area contributed by atoms with Crippen molar-refractivity contribution in [1.82, 2.24) is 15.5 Å². The molecule has 2 unspecified atom stereocenters. The molecule has 0 amide bonds. The summed E-state index contributed by atoms with van der Waals surface area (Å²) < 4.78 is 5.27. The van der Waals surface area contributed by atoms with Gasteiger partial charge in [0, 0.05) is 22.8 Å². The molecule has 17 heavy (non-hydrogen) atoms. The van der Waals surface area contributed by atoms with Gasteiger partial charge in [0.15, 0.2) is 5.82 Å². The summed E-state index contributed by atoms with van der Waals surface area (Å²) in [7, 11) is 0. The first-order chi connectivity index (χ1) is 8.16. The van der Waals surface area contributed by atoms with Crippen molar-refractivity contribution in [3.8, 4) is 0 Å². The monoisotopic (exact) mass is 273 g/mol. The van der Waals surface area contributed by atoms with E-state index in [4.69, 9.17) is 4.52 Å². The molecule has 2 rings (SSSR count). The number of rotatable bonds is 4. The molecule has 1 fully saturated rings. The topological polar surface area (TPSA) is 51.0 Å². The number of hydrogen-bond acceptors (Lipinski definition) is 6. The molecule has 2 heterocycles. The Balaban J connectivity index is 1.97. The average molecular weight is 273 g/mol. The Bertz CT molecular complexity index is 356. The SMILES string of the molecule is CC(C)NCc1nc(C2SCCSC2C)no1. The van der Waals surface area contributed by atoms with Gasteiger partial charge in [0.1, 0.15) is 0 Å². The molecule has 1 N–H and O–H groups in total. The van der Waals surface area contributed by atoms with E-state index < -0.39 is 0 Å². The fraction of sp³-hybridized carbons (Fsp3) is 0.818. The van der Waals surface area contributed by atoms with Gasteiger partial charge in [-0.05, 0) is 0 Å². The van der Waals surface area contributed by atoms with Crippen molar-refractivity contribution in [3.05, 3.63) is 11.7 Å². The van der Waals surface area contributed by atoms with E-state index in [-0.39, 0.29) is 0 Å². The van der Waals surface area contributed by atoms with Gasteiger partial charge in [-0.25, -0.2) is 0 Å². The van der Waals surface area contributed by atoms with Gasteiger partial charge < -0.3 is 9.84 Å². The summed E-state index contributed by atoms with van der Waals surface area (Å²) in [5.74, 6) is 3.95. The van der Waals surface area contributed by atoms with Crippen molar-refractivity contribution in [2.45, 2.75) is 43.9 Å². The maximum atomic E-state index is 5.27. The molecule has 2 atom stereocenters. The van der Waals surface area contributed by atoms with Crippen molar-refractivity contribution < 1.29 is 4.52 Å². The molecule has 1 aliphatic heterocycles. The van der Waals surface area contributed by atoms with Crippen LogP contribution in [0.3, 0.4) is 0 Å². The predicted molar refractivity (Wildman–Crippen MR) is 73.4 cm³/mol. The van der Waals surface area contributed by atoms with Crippen molar-refractivity contribution in [2.75, 3.05) is 11.5 Å². The number of hydrogen-bond donors (Lipinski definition) is 1. The van der Waals surface area contributed by atoms with E-state index in [1.807, 2.05) is 23.5 Å². The highest BCUT2D eigenvalue weighted by Gasteiger charge is 2.28. The van der Waals surface area contributed by atoms with Crippen LogP contribution in [-0.4, -0.2) is 32.9 Å². The highest BCUT2D eigenvalue weighted by Crippen LogP contribution is 2.40. The van der Waals surface area contributed by atoms with Crippen LogP contribution in [0.15, 0.2) is 4.52 Å². The van der Waals surface area contributed by atoms with Gasteiger partial charge in [-0.1, -0.05) is 25.9 Å². The van der Waals surface area contributed by atoms with Crippen LogP contribution >= 0.6 is 23.5 Å². The molecule has 0 aromatic carbocycles. The highest BCUT2D eigenvalue weighted by atomic mass is 32.2. The molecular weight excluding hydrogens is 254 g/mol. The molecule has 96 valence electrons. The van der Waals surface area contributed by atoms with Crippen LogP contribution in [0.1, 0.15) is 37.7 Å². The second-order valence-corrected chi connectivity index (χ2v) is 7.18. The third-order valence-electron chi connectivity index (χ3n) is 2.59. The molecule has 0 bridgehead atoms. The zero-order valence-electron chi connectivity index (χ0n) is 10.5. The molecule has 1 aromatic rings. The molecule has 0 saturated carbocycles. The molecule has 4 nitrogen and oxygen atoms in total. The Hall–Kier alpha value is -0.200. The van der Waals surface area contributed by atoms with Gasteiger partial charge >= 0.3 is 0 Å². The van der Waals surface area contributed by atoms with Crippen molar-refractivity contribution in [1.29, 1.82) is 0 Å². The first-order valence-corrected chi connectivity index (χ1v) is 8.05. The summed E-state index contributed by atoms with van der Waals surface area (Å²) in [6.45, 7) is 7.10. The lowest BCUT2D eigenvalue weighted by Gasteiger charge is -2.24. The molecular formula is C11H19N3OS2. The van der Waals surface area contributed by atoms with Crippen molar-refractivity contribution in [3.63, 3.8) is 0 Å². The van der Waals surface area contributed by atoms with Crippen LogP contribution in [0.2, 0.25) is 0 Å². The van der Waals surface area contributed by atoms with E-state index in [1.54, 1.807) is 0 Å². The fourth-order valence-electron chi connectivity index (χ4n) is 1.66. The van der Waals surface area contributed by atoms with Crippen LogP contribution in [0.25, 0.3) is 0 Å². The van der Waals surface area contributed by atoms with Gasteiger partial charge in [0.25, 0.3) is 0 Å². The van der Waals surface area contributed by atoms with Crippen LogP contribution in [0.5, 0.6) is 0 Å². The van der Waals surface area contributed by atoms with Gasteiger partial charge in [-0.2, -0.15) is 16.7 Å². The van der Waals surface area contributed by atoms with Crippen molar-refractivity contribution in [2.24, 2.45) is 0 Å². The van der Waals surface area contributed by atoms with E-state index >= 15 is 0 Å². The van der Waals surface area contributed by atoms with Crippen LogP contribution in [0, 0.1) is 0 Å². The average Bonchev–Trinajstić information content (AvgIpc) is 2.75. The fourth-order valence-corrected chi connectivity index (χ4v) is 4.34. The lowest BCUT2D eigenvalue weighted by molar-refractivity contribution is 0.357. The number of thioether (sulfide) groups is 2. The van der Waals surface area contributed by atoms with E-state index in [1.165, 1.54) is 11.5 Å². The standard InChI is InChI=1S/C11H19N3OS2/c1-7(2)12-6-9-13-11(14-15-9)10-8(3)16-4-5-17-10/h7-8,10,12H,4-6H2,1-3H3. The first kappa shape index (κ1) is 13.2. The first-order valence-electron chi connectivity index (χ1n) is 5.96. The number of nitrogens with zero attached hydrogens (tertiary/aromatic N) is 2. The molecule has 1 aliphatic rings. The Morgan fingerprint density at radius 1 is 1.41 bits per heavy atom. The zero-order chi connectivity index (χ0) is 12.3. The second kappa shape index (κ2) is 6.11. The van der Waals surface area contributed by atoms with Gasteiger partial charge in [-0.15, -0.1) is 11.8 Å². The minimum absolute atomic E-state index is 0.380. The minimum Gasteiger partial charge on any atom is -0.338 e. The Morgan fingerprint density at radius 3 is 2.88 bits per heavy atom. The van der Waals surface area contributed by atoms with E-state index in [2.05, 4.69) is 36.2 Å². The molecule has 0 spiro atoms. The third-order valence-corrected chi connectivity index (χ3v) is 5.67. The molecule has 1 aromatic heterocycles. The Kier molecular flexibility index (Phi) is 4.76. The van der Waals surface area contributed by atoms with Gasteiger partial charge in [-0.3, -0.25) is 0 Å². The highest BCUT2D eigenvalue weighted by molar-refractivity contribution is 8.06. The number of nitrogens with one attached hydrogen (secondary N) is 1. The summed E-state index contributed by atoms with van der Waals surface area (Å²) in [4.78, 5) is 4.48. The minimum atomic E-state index is 0.380. The third kappa shape index (κ3) is 3.63. The van der Waals surface area contributed by atoms with Crippen LogP contribution in [-0.2, 0) is 6.54 Å². The summed E-state index contributed by atoms with van der Waals surface area (Å²) in [6.07, 6.45) is 0. The van der Waals surface area contributed by atoms with E-state index in [0.717, 1.165) is 5.82 Å². The van der Waals surface area contributed by atoms with E-state index in [9.17, 15) is 0 Å². The molecule has 6 heteroatoms. The summed E-state index contributed by atoms with van der Waals surface area (Å²) in [6, 6.07) is 0.434. The predicted octanol–water partition coefficient (Wildman–Crippen LogP) is 2.48. The number of aromatic nitrogens is 2.